The number of urea groups is 1. The van der Waals surface area contributed by atoms with Gasteiger partial charge in [0.25, 0.3) is 0 Å². The van der Waals surface area contributed by atoms with Crippen molar-refractivity contribution >= 4 is 18.1 Å². The number of carbonyl (C=O) groups excluding carboxylic acids is 1. The lowest BCUT2D eigenvalue weighted by Crippen LogP contribution is -2.24. The van der Waals surface area contributed by atoms with Crippen LogP contribution in [-0.2, 0) is 0 Å². The maximum absolute atomic E-state index is 11.5. The lowest BCUT2D eigenvalue weighted by atomic mass is 10.2. The van der Waals surface area contributed by atoms with Gasteiger partial charge in [-0.3, -0.25) is 5.32 Å². The topological polar surface area (TPSA) is 76.1 Å². The summed E-state index contributed by atoms with van der Waals surface area (Å²) in [5.41, 5.74) is 0.946. The molecule has 0 aliphatic heterocycles. The number of amides is 2. The lowest BCUT2D eigenvalue weighted by molar-refractivity contribution is 0.255. The molecule has 20 heavy (non-hydrogen) atoms. The maximum atomic E-state index is 11.5. The standard InChI is InChI=1S/C14H14N4O2/c1-20-12-5-3-11(4-6-12)7-10-17-14(19)18-13-15-8-2-9-16-13/h2-10H,1H3,(H2,15,16,17,18,19)/b10-7+. The fourth-order valence-electron chi connectivity index (χ4n) is 1.43. The molecule has 0 radical (unpaired) electrons. The monoisotopic (exact) mass is 270 g/mol. The number of nitrogens with one attached hydrogen (secondary N) is 2. The summed E-state index contributed by atoms with van der Waals surface area (Å²) in [6, 6.07) is 8.73. The average Bonchev–Trinajstić information content (AvgIpc) is 2.49. The normalized spacial score (nSPS) is 10.2. The van der Waals surface area contributed by atoms with E-state index in [2.05, 4.69) is 20.6 Å². The third-order valence-corrected chi connectivity index (χ3v) is 2.40. The smallest absolute Gasteiger partial charge is 0.325 e. The molecule has 2 rings (SSSR count). The van der Waals surface area contributed by atoms with Crippen LogP contribution in [0.1, 0.15) is 5.56 Å². The summed E-state index contributed by atoms with van der Waals surface area (Å²) >= 11 is 0. The van der Waals surface area contributed by atoms with Gasteiger partial charge >= 0.3 is 6.03 Å². The van der Waals surface area contributed by atoms with E-state index >= 15 is 0 Å². The maximum Gasteiger partial charge on any atom is 0.325 e. The molecule has 0 aliphatic carbocycles. The third kappa shape index (κ3) is 4.09. The van der Waals surface area contributed by atoms with Crippen LogP contribution in [0.2, 0.25) is 0 Å². The van der Waals surface area contributed by atoms with E-state index in [9.17, 15) is 4.79 Å². The molecule has 1 aromatic heterocycles. The Labute approximate surface area is 116 Å². The number of anilines is 1. The molecule has 0 fully saturated rings. The molecule has 0 aliphatic rings. The lowest BCUT2D eigenvalue weighted by Gasteiger charge is -2.02. The van der Waals surface area contributed by atoms with Crippen molar-refractivity contribution in [2.75, 3.05) is 12.4 Å². The SMILES string of the molecule is COc1ccc(/C=C/NC(=O)Nc2ncccn2)cc1. The van der Waals surface area contributed by atoms with Gasteiger partial charge in [0.05, 0.1) is 7.11 Å². The first-order chi connectivity index (χ1) is 9.78. The Morgan fingerprint density at radius 3 is 2.55 bits per heavy atom. The number of ether oxygens (including phenoxy) is 1. The highest BCUT2D eigenvalue weighted by atomic mass is 16.5. The molecular formula is C14H14N4O2. The summed E-state index contributed by atoms with van der Waals surface area (Å²) in [4.78, 5) is 19.3. The molecule has 1 heterocycles. The van der Waals surface area contributed by atoms with Gasteiger partial charge in [0.2, 0.25) is 5.95 Å². The zero-order chi connectivity index (χ0) is 14.2. The summed E-state index contributed by atoms with van der Waals surface area (Å²) in [7, 11) is 1.61. The fraction of sp³-hybridized carbons (Fsp3) is 0.0714. The van der Waals surface area contributed by atoms with Crippen LogP contribution >= 0.6 is 0 Å². The van der Waals surface area contributed by atoms with E-state index in [1.54, 1.807) is 37.8 Å². The molecule has 1 aromatic carbocycles. The van der Waals surface area contributed by atoms with Gasteiger partial charge in [0.1, 0.15) is 5.75 Å². The number of carbonyl (C=O) groups is 1. The first kappa shape index (κ1) is 13.5. The number of nitrogens with zero attached hydrogens (tertiary/aromatic N) is 2. The number of benzene rings is 1. The molecule has 6 nitrogen and oxygen atoms in total. The predicted octanol–water partition coefficient (Wildman–Crippen LogP) is 2.28. The third-order valence-electron chi connectivity index (χ3n) is 2.40. The fourth-order valence-corrected chi connectivity index (χ4v) is 1.43. The highest BCUT2D eigenvalue weighted by molar-refractivity contribution is 5.88. The van der Waals surface area contributed by atoms with Crippen LogP contribution in [0.5, 0.6) is 5.75 Å². The minimum absolute atomic E-state index is 0.253. The van der Waals surface area contributed by atoms with Crippen LogP contribution in [0, 0.1) is 0 Å². The number of rotatable bonds is 4. The van der Waals surface area contributed by atoms with Gasteiger partial charge in [0.15, 0.2) is 0 Å². The molecular weight excluding hydrogens is 256 g/mol. The van der Waals surface area contributed by atoms with Crippen molar-refractivity contribution in [3.63, 3.8) is 0 Å². The average molecular weight is 270 g/mol. The van der Waals surface area contributed by atoms with Crippen LogP contribution in [0.3, 0.4) is 0 Å². The Morgan fingerprint density at radius 2 is 1.90 bits per heavy atom. The largest absolute Gasteiger partial charge is 0.497 e. The van der Waals surface area contributed by atoms with E-state index in [0.717, 1.165) is 11.3 Å². The number of hydrogen-bond acceptors (Lipinski definition) is 4. The number of hydrogen-bond donors (Lipinski definition) is 2. The Morgan fingerprint density at radius 1 is 1.20 bits per heavy atom. The molecule has 0 spiro atoms. The molecule has 6 heteroatoms. The van der Waals surface area contributed by atoms with E-state index < -0.39 is 6.03 Å². The van der Waals surface area contributed by atoms with E-state index in [4.69, 9.17) is 4.74 Å². The van der Waals surface area contributed by atoms with Crippen molar-refractivity contribution in [2.24, 2.45) is 0 Å². The van der Waals surface area contributed by atoms with Crippen molar-refractivity contribution in [3.8, 4) is 5.75 Å². The first-order valence-electron chi connectivity index (χ1n) is 5.93. The Hall–Kier alpha value is -2.89. The summed E-state index contributed by atoms with van der Waals surface area (Å²) < 4.78 is 5.06. The van der Waals surface area contributed by atoms with Crippen LogP contribution < -0.4 is 15.4 Å². The zero-order valence-corrected chi connectivity index (χ0v) is 10.9. The van der Waals surface area contributed by atoms with Crippen LogP contribution in [-0.4, -0.2) is 23.1 Å². The van der Waals surface area contributed by atoms with Gasteiger partial charge in [-0.25, -0.2) is 14.8 Å². The molecule has 0 atom stereocenters. The molecule has 2 amide bonds. The number of methoxy groups -OCH3 is 1. The molecule has 0 bridgehead atoms. The summed E-state index contributed by atoms with van der Waals surface area (Å²) in [5.74, 6) is 1.04. The highest BCUT2D eigenvalue weighted by Gasteiger charge is 1.99. The second kappa shape index (κ2) is 6.89. The highest BCUT2D eigenvalue weighted by Crippen LogP contribution is 2.11. The molecule has 2 N–H and O–H groups in total. The van der Waals surface area contributed by atoms with Crippen molar-refractivity contribution in [3.05, 3.63) is 54.5 Å². The Balaban J connectivity index is 1.84. The van der Waals surface area contributed by atoms with Gasteiger partial charge in [-0.05, 0) is 29.8 Å². The first-order valence-corrected chi connectivity index (χ1v) is 5.93. The minimum atomic E-state index is -0.402. The number of aromatic nitrogens is 2. The van der Waals surface area contributed by atoms with Gasteiger partial charge in [-0.2, -0.15) is 0 Å². The van der Waals surface area contributed by atoms with Gasteiger partial charge in [-0.15, -0.1) is 0 Å². The molecule has 0 unspecified atom stereocenters. The van der Waals surface area contributed by atoms with E-state index in [1.165, 1.54) is 0 Å². The van der Waals surface area contributed by atoms with E-state index in [0.29, 0.717) is 0 Å². The Kier molecular flexibility index (Phi) is 4.66. The van der Waals surface area contributed by atoms with Crippen molar-refractivity contribution in [1.29, 1.82) is 0 Å². The van der Waals surface area contributed by atoms with Crippen LogP contribution in [0.4, 0.5) is 10.7 Å². The van der Waals surface area contributed by atoms with Crippen molar-refractivity contribution < 1.29 is 9.53 Å². The van der Waals surface area contributed by atoms with Gasteiger partial charge < -0.3 is 10.1 Å². The van der Waals surface area contributed by atoms with E-state index in [-0.39, 0.29) is 5.95 Å². The predicted molar refractivity (Wildman–Crippen MR) is 76.2 cm³/mol. The molecule has 102 valence electrons. The quantitative estimate of drug-likeness (QED) is 0.893. The summed E-state index contributed by atoms with van der Waals surface area (Å²) in [6.07, 6.45) is 6.41. The molecule has 0 saturated carbocycles. The molecule has 2 aromatic rings. The van der Waals surface area contributed by atoms with Crippen molar-refractivity contribution in [1.82, 2.24) is 15.3 Å². The van der Waals surface area contributed by atoms with Gasteiger partial charge in [0, 0.05) is 18.6 Å². The summed E-state index contributed by atoms with van der Waals surface area (Å²) in [6.45, 7) is 0. The second-order valence-corrected chi connectivity index (χ2v) is 3.78. The van der Waals surface area contributed by atoms with Crippen LogP contribution in [0.15, 0.2) is 48.9 Å². The minimum Gasteiger partial charge on any atom is -0.497 e. The summed E-state index contributed by atoms with van der Waals surface area (Å²) in [5, 5.41) is 5.07. The zero-order valence-electron chi connectivity index (χ0n) is 10.9. The second-order valence-electron chi connectivity index (χ2n) is 3.78. The molecule has 0 saturated heterocycles. The van der Waals surface area contributed by atoms with E-state index in [1.807, 2.05) is 24.3 Å². The van der Waals surface area contributed by atoms with Crippen molar-refractivity contribution in [2.45, 2.75) is 0 Å². The Bertz CT molecular complexity index is 582. The van der Waals surface area contributed by atoms with Gasteiger partial charge in [-0.1, -0.05) is 12.1 Å². The van der Waals surface area contributed by atoms with Crippen LogP contribution in [0.25, 0.3) is 6.08 Å².